The van der Waals surface area contributed by atoms with E-state index in [1.807, 2.05) is 19.2 Å². The third kappa shape index (κ3) is 3.55. The number of nitrogens with two attached hydrogens (primary N) is 1. The monoisotopic (exact) mass is 275 g/mol. The van der Waals surface area contributed by atoms with E-state index in [0.29, 0.717) is 6.04 Å². The predicted octanol–water partition coefficient (Wildman–Crippen LogP) is 3.23. The van der Waals surface area contributed by atoms with E-state index in [4.69, 9.17) is 5.73 Å². The highest BCUT2D eigenvalue weighted by Crippen LogP contribution is 2.19. The van der Waals surface area contributed by atoms with E-state index >= 15 is 0 Å². The highest BCUT2D eigenvalue weighted by atomic mass is 32.1. The molecule has 0 aliphatic heterocycles. The zero-order valence-electron chi connectivity index (χ0n) is 11.7. The molecule has 3 nitrogen and oxygen atoms in total. The average Bonchev–Trinajstić information content (AvgIpc) is 2.90. The molecule has 0 bridgehead atoms. The third-order valence-corrected chi connectivity index (χ3v) is 4.29. The van der Waals surface area contributed by atoms with Crippen molar-refractivity contribution in [2.45, 2.75) is 32.4 Å². The van der Waals surface area contributed by atoms with Crippen molar-refractivity contribution in [1.82, 2.24) is 4.98 Å². The van der Waals surface area contributed by atoms with Crippen LogP contribution < -0.4 is 10.6 Å². The Morgan fingerprint density at radius 2 is 2.11 bits per heavy atom. The standard InChI is InChI=1S/C15H21N3S/c1-11(9-14-5-4-8-19-14)18(3)15-7-6-13(10-17-15)12(2)16/h4-8,10-12H,9,16H2,1-3H3/t11?,12-/m0/s1. The van der Waals surface area contributed by atoms with Crippen LogP contribution in [0, 0.1) is 0 Å². The molecule has 2 atom stereocenters. The van der Waals surface area contributed by atoms with Gasteiger partial charge >= 0.3 is 0 Å². The molecule has 0 aliphatic carbocycles. The van der Waals surface area contributed by atoms with Crippen LogP contribution in [0.3, 0.4) is 0 Å². The molecule has 0 aliphatic rings. The molecule has 1 unspecified atom stereocenters. The molecule has 0 saturated carbocycles. The summed E-state index contributed by atoms with van der Waals surface area (Å²) in [5.74, 6) is 0.994. The molecule has 0 fully saturated rings. The summed E-state index contributed by atoms with van der Waals surface area (Å²) in [6, 6.07) is 8.84. The van der Waals surface area contributed by atoms with Crippen molar-refractivity contribution in [1.29, 1.82) is 0 Å². The number of hydrogen-bond acceptors (Lipinski definition) is 4. The SMILES string of the molecule is CC(Cc1cccs1)N(C)c1ccc([C@H](C)N)cn1. The van der Waals surface area contributed by atoms with Gasteiger partial charge in [0.05, 0.1) is 0 Å². The highest BCUT2D eigenvalue weighted by molar-refractivity contribution is 7.09. The molecule has 102 valence electrons. The van der Waals surface area contributed by atoms with E-state index < -0.39 is 0 Å². The van der Waals surface area contributed by atoms with E-state index in [0.717, 1.165) is 17.8 Å². The lowest BCUT2D eigenvalue weighted by Crippen LogP contribution is -2.31. The minimum Gasteiger partial charge on any atom is -0.357 e. The molecule has 4 heteroatoms. The molecule has 2 aromatic rings. The zero-order valence-corrected chi connectivity index (χ0v) is 12.5. The molecule has 0 amide bonds. The van der Waals surface area contributed by atoms with Crippen LogP contribution in [0.4, 0.5) is 5.82 Å². The van der Waals surface area contributed by atoms with E-state index in [-0.39, 0.29) is 6.04 Å². The minimum atomic E-state index is 0.0374. The normalized spacial score (nSPS) is 14.1. The van der Waals surface area contributed by atoms with Crippen molar-refractivity contribution < 1.29 is 0 Å². The van der Waals surface area contributed by atoms with Crippen molar-refractivity contribution in [3.05, 3.63) is 46.3 Å². The van der Waals surface area contributed by atoms with Gasteiger partial charge in [-0.2, -0.15) is 0 Å². The van der Waals surface area contributed by atoms with Crippen LogP contribution in [-0.4, -0.2) is 18.1 Å². The Labute approximate surface area is 119 Å². The smallest absolute Gasteiger partial charge is 0.128 e. The number of hydrogen-bond donors (Lipinski definition) is 1. The van der Waals surface area contributed by atoms with Crippen LogP contribution in [0.25, 0.3) is 0 Å². The van der Waals surface area contributed by atoms with Crippen LogP contribution >= 0.6 is 11.3 Å². The maximum Gasteiger partial charge on any atom is 0.128 e. The summed E-state index contributed by atoms with van der Waals surface area (Å²) in [6.45, 7) is 4.20. The van der Waals surface area contributed by atoms with Gasteiger partial charge < -0.3 is 10.6 Å². The van der Waals surface area contributed by atoms with Crippen molar-refractivity contribution in [3.8, 4) is 0 Å². The number of aromatic nitrogens is 1. The number of rotatable bonds is 5. The van der Waals surface area contributed by atoms with Crippen molar-refractivity contribution in [2.24, 2.45) is 5.73 Å². The van der Waals surface area contributed by atoms with Crippen molar-refractivity contribution in [2.75, 3.05) is 11.9 Å². The van der Waals surface area contributed by atoms with Crippen molar-refractivity contribution >= 4 is 17.2 Å². The first-order valence-corrected chi connectivity index (χ1v) is 7.42. The van der Waals surface area contributed by atoms with Gasteiger partial charge in [-0.25, -0.2) is 4.98 Å². The molecule has 2 aromatic heterocycles. The van der Waals surface area contributed by atoms with Crippen LogP contribution in [-0.2, 0) is 6.42 Å². The molecule has 0 aromatic carbocycles. The molecule has 0 radical (unpaired) electrons. The summed E-state index contributed by atoms with van der Waals surface area (Å²) >= 11 is 1.81. The highest BCUT2D eigenvalue weighted by Gasteiger charge is 2.12. The summed E-state index contributed by atoms with van der Waals surface area (Å²) in [7, 11) is 2.09. The Morgan fingerprint density at radius 3 is 2.63 bits per heavy atom. The number of likely N-dealkylation sites (N-methyl/N-ethyl adjacent to an activating group) is 1. The maximum atomic E-state index is 5.84. The van der Waals surface area contributed by atoms with Gasteiger partial charge in [-0.15, -0.1) is 11.3 Å². The van der Waals surface area contributed by atoms with Crippen LogP contribution in [0.15, 0.2) is 35.8 Å². The largest absolute Gasteiger partial charge is 0.357 e. The zero-order chi connectivity index (χ0) is 13.8. The van der Waals surface area contributed by atoms with Gasteiger partial charge in [0.1, 0.15) is 5.82 Å². The molecular formula is C15H21N3S. The van der Waals surface area contributed by atoms with Crippen LogP contribution in [0.1, 0.15) is 30.3 Å². The topological polar surface area (TPSA) is 42.1 Å². The van der Waals surface area contributed by atoms with Gasteiger partial charge in [-0.1, -0.05) is 12.1 Å². The first-order valence-electron chi connectivity index (χ1n) is 6.54. The van der Waals surface area contributed by atoms with Gasteiger partial charge in [0.15, 0.2) is 0 Å². The Morgan fingerprint density at radius 1 is 1.32 bits per heavy atom. The Balaban J connectivity index is 2.04. The Bertz CT molecular complexity index is 491. The molecule has 0 spiro atoms. The Hall–Kier alpha value is -1.39. The quantitative estimate of drug-likeness (QED) is 0.911. The first kappa shape index (κ1) is 14.0. The Kier molecular flexibility index (Phi) is 4.56. The van der Waals surface area contributed by atoms with Gasteiger partial charge in [0.25, 0.3) is 0 Å². The third-order valence-electron chi connectivity index (χ3n) is 3.40. The van der Waals surface area contributed by atoms with Gasteiger partial charge in [0.2, 0.25) is 0 Å². The van der Waals surface area contributed by atoms with Crippen LogP contribution in [0.5, 0.6) is 0 Å². The number of anilines is 1. The lowest BCUT2D eigenvalue weighted by molar-refractivity contribution is 0.679. The average molecular weight is 275 g/mol. The lowest BCUT2D eigenvalue weighted by Gasteiger charge is -2.26. The second kappa shape index (κ2) is 6.17. The fourth-order valence-electron chi connectivity index (χ4n) is 1.96. The van der Waals surface area contributed by atoms with Gasteiger partial charge in [-0.3, -0.25) is 0 Å². The summed E-state index contributed by atoms with van der Waals surface area (Å²) in [4.78, 5) is 8.12. The first-order chi connectivity index (χ1) is 9.08. The predicted molar refractivity (Wildman–Crippen MR) is 82.7 cm³/mol. The fourth-order valence-corrected chi connectivity index (χ4v) is 2.78. The second-order valence-electron chi connectivity index (χ2n) is 4.98. The van der Waals surface area contributed by atoms with Gasteiger partial charge in [0, 0.05) is 36.6 Å². The summed E-state index contributed by atoms with van der Waals surface area (Å²) in [6.07, 6.45) is 2.92. The van der Waals surface area contributed by atoms with Gasteiger partial charge in [-0.05, 0) is 36.9 Å². The molecule has 19 heavy (non-hydrogen) atoms. The molecular weight excluding hydrogens is 254 g/mol. The minimum absolute atomic E-state index is 0.0374. The number of thiophene rings is 1. The maximum absolute atomic E-state index is 5.84. The summed E-state index contributed by atoms with van der Waals surface area (Å²) in [5.41, 5.74) is 6.91. The summed E-state index contributed by atoms with van der Waals surface area (Å²) in [5, 5.41) is 2.12. The lowest BCUT2D eigenvalue weighted by atomic mass is 10.1. The summed E-state index contributed by atoms with van der Waals surface area (Å²) < 4.78 is 0. The van der Waals surface area contributed by atoms with Crippen molar-refractivity contribution in [3.63, 3.8) is 0 Å². The number of pyridine rings is 1. The molecule has 0 saturated heterocycles. The van der Waals surface area contributed by atoms with E-state index in [1.54, 1.807) is 11.3 Å². The molecule has 2 heterocycles. The van der Waals surface area contributed by atoms with E-state index in [1.165, 1.54) is 4.88 Å². The van der Waals surface area contributed by atoms with E-state index in [9.17, 15) is 0 Å². The number of nitrogens with zero attached hydrogens (tertiary/aromatic N) is 2. The fraction of sp³-hybridized carbons (Fsp3) is 0.400. The molecule has 2 rings (SSSR count). The van der Waals surface area contributed by atoms with Crippen LogP contribution in [0.2, 0.25) is 0 Å². The second-order valence-corrected chi connectivity index (χ2v) is 6.01. The molecule has 2 N–H and O–H groups in total. The van der Waals surface area contributed by atoms with E-state index in [2.05, 4.69) is 47.4 Å².